The highest BCUT2D eigenvalue weighted by atomic mass is 14.6. The monoisotopic (exact) mass is 342 g/mol. The van der Waals surface area contributed by atoms with Gasteiger partial charge in [-0.25, -0.2) is 0 Å². The van der Waals surface area contributed by atoms with Gasteiger partial charge in [0.05, 0.1) is 0 Å². The number of rotatable bonds is 6. The first-order valence-electron chi connectivity index (χ1n) is 11.4. The predicted octanol–water partition coefficient (Wildman–Crippen LogP) is 7.48. The number of hydrogen-bond acceptors (Lipinski definition) is 0. The van der Waals surface area contributed by atoms with Crippen LogP contribution < -0.4 is 0 Å². The lowest BCUT2D eigenvalue weighted by molar-refractivity contribution is -0.102. The molecule has 0 aromatic heterocycles. The minimum absolute atomic E-state index is 0.600. The van der Waals surface area contributed by atoms with Gasteiger partial charge < -0.3 is 0 Å². The van der Waals surface area contributed by atoms with Gasteiger partial charge in [0, 0.05) is 6.42 Å². The van der Waals surface area contributed by atoms with Crippen molar-refractivity contribution >= 4 is 0 Å². The molecule has 3 aliphatic carbocycles. The van der Waals surface area contributed by atoms with Gasteiger partial charge in [-0.3, -0.25) is 0 Å². The third-order valence-corrected chi connectivity index (χ3v) is 9.32. The zero-order valence-electron chi connectivity index (χ0n) is 17.4. The average Bonchev–Trinajstić information content (AvgIpc) is 2.92. The molecular formula is C25H42. The van der Waals surface area contributed by atoms with E-state index in [-0.39, 0.29) is 0 Å². The molecule has 0 heteroatoms. The summed E-state index contributed by atoms with van der Waals surface area (Å²) in [5, 5.41) is 0. The standard InChI is InChI=1S/C25H42/c1-6-9-11-20-13-15-22-21-14-12-19(10-7-2)24(4,17-8-3)23(21)16-18-25(20,22)5/h1,19-23H,7-18H2,2-5H3. The molecule has 0 heterocycles. The van der Waals surface area contributed by atoms with Crippen molar-refractivity contribution in [1.82, 2.24) is 0 Å². The number of terminal acetylenes is 1. The molecule has 0 spiro atoms. The molecule has 3 fully saturated rings. The van der Waals surface area contributed by atoms with Crippen LogP contribution >= 0.6 is 0 Å². The minimum atomic E-state index is 0.600. The lowest BCUT2D eigenvalue weighted by Crippen LogP contribution is -2.51. The summed E-state index contributed by atoms with van der Waals surface area (Å²) in [6.07, 6.45) is 22.5. The predicted molar refractivity (Wildman–Crippen MR) is 109 cm³/mol. The molecule has 25 heavy (non-hydrogen) atoms. The van der Waals surface area contributed by atoms with E-state index >= 15 is 0 Å². The van der Waals surface area contributed by atoms with Crippen LogP contribution in [0.3, 0.4) is 0 Å². The van der Waals surface area contributed by atoms with E-state index in [0.717, 1.165) is 36.0 Å². The Hall–Kier alpha value is -0.440. The number of fused-ring (bicyclic) bond motifs is 3. The molecule has 0 aliphatic heterocycles. The van der Waals surface area contributed by atoms with E-state index in [2.05, 4.69) is 33.6 Å². The maximum atomic E-state index is 5.59. The Balaban J connectivity index is 1.82. The number of hydrogen-bond donors (Lipinski definition) is 0. The fourth-order valence-corrected chi connectivity index (χ4v) is 8.13. The van der Waals surface area contributed by atoms with Crippen molar-refractivity contribution in [1.29, 1.82) is 0 Å². The Kier molecular flexibility index (Phi) is 5.92. The van der Waals surface area contributed by atoms with Crippen LogP contribution in [0.15, 0.2) is 0 Å². The van der Waals surface area contributed by atoms with Gasteiger partial charge in [-0.15, -0.1) is 12.3 Å². The van der Waals surface area contributed by atoms with Crippen LogP contribution in [0.1, 0.15) is 105 Å². The highest BCUT2D eigenvalue weighted by Crippen LogP contribution is 2.67. The topological polar surface area (TPSA) is 0 Å². The van der Waals surface area contributed by atoms with Gasteiger partial charge in [0.15, 0.2) is 0 Å². The van der Waals surface area contributed by atoms with E-state index in [1.165, 1.54) is 70.6 Å². The maximum absolute atomic E-state index is 5.59. The Morgan fingerprint density at radius 2 is 1.64 bits per heavy atom. The zero-order chi connectivity index (χ0) is 18.1. The van der Waals surface area contributed by atoms with Crippen molar-refractivity contribution in [3.63, 3.8) is 0 Å². The lowest BCUT2D eigenvalue weighted by Gasteiger charge is -2.59. The fourth-order valence-electron chi connectivity index (χ4n) is 8.13. The molecule has 3 saturated carbocycles. The molecule has 0 aromatic carbocycles. The van der Waals surface area contributed by atoms with Gasteiger partial charge >= 0.3 is 0 Å². The van der Waals surface area contributed by atoms with Crippen LogP contribution in [0, 0.1) is 52.8 Å². The third kappa shape index (κ3) is 3.19. The second kappa shape index (κ2) is 7.66. The van der Waals surface area contributed by atoms with Crippen LogP contribution in [0.4, 0.5) is 0 Å². The first-order valence-corrected chi connectivity index (χ1v) is 11.4. The zero-order valence-corrected chi connectivity index (χ0v) is 17.4. The van der Waals surface area contributed by atoms with Gasteiger partial charge in [0.2, 0.25) is 0 Å². The highest BCUT2D eigenvalue weighted by Gasteiger charge is 2.58. The summed E-state index contributed by atoms with van der Waals surface area (Å²) >= 11 is 0. The molecule has 0 aromatic rings. The van der Waals surface area contributed by atoms with Crippen molar-refractivity contribution in [2.45, 2.75) is 105 Å². The summed E-state index contributed by atoms with van der Waals surface area (Å²) in [5.74, 6) is 7.81. The minimum Gasteiger partial charge on any atom is -0.120 e. The highest BCUT2D eigenvalue weighted by molar-refractivity contribution is 5.08. The van der Waals surface area contributed by atoms with Crippen LogP contribution in [0.25, 0.3) is 0 Å². The molecule has 0 amide bonds. The molecule has 142 valence electrons. The van der Waals surface area contributed by atoms with E-state index in [9.17, 15) is 0 Å². The summed E-state index contributed by atoms with van der Waals surface area (Å²) in [6.45, 7) is 10.2. The smallest absolute Gasteiger partial charge is 0.00889 e. The van der Waals surface area contributed by atoms with E-state index in [1.807, 2.05) is 0 Å². The summed E-state index contributed by atoms with van der Waals surface area (Å²) < 4.78 is 0. The molecule has 3 aliphatic rings. The van der Waals surface area contributed by atoms with E-state index in [1.54, 1.807) is 0 Å². The van der Waals surface area contributed by atoms with Crippen molar-refractivity contribution in [3.05, 3.63) is 0 Å². The second-order valence-corrected chi connectivity index (χ2v) is 10.3. The van der Waals surface area contributed by atoms with Crippen molar-refractivity contribution in [2.24, 2.45) is 40.4 Å². The lowest BCUT2D eigenvalue weighted by atomic mass is 9.46. The Morgan fingerprint density at radius 1 is 0.880 bits per heavy atom. The van der Waals surface area contributed by atoms with E-state index in [4.69, 9.17) is 6.42 Å². The van der Waals surface area contributed by atoms with Gasteiger partial charge in [0.1, 0.15) is 0 Å². The SMILES string of the molecule is C#CCCC1CCC2C3CCC(CCC)C(C)(CCC)C3CCC12C. The Morgan fingerprint density at radius 3 is 2.32 bits per heavy atom. The average molecular weight is 343 g/mol. The van der Waals surface area contributed by atoms with Crippen LogP contribution in [-0.2, 0) is 0 Å². The molecule has 0 nitrogen and oxygen atoms in total. The molecule has 7 unspecified atom stereocenters. The Labute approximate surface area is 157 Å². The first-order chi connectivity index (χ1) is 12.0. The van der Waals surface area contributed by atoms with Gasteiger partial charge in [-0.1, -0.05) is 47.0 Å². The van der Waals surface area contributed by atoms with Crippen molar-refractivity contribution in [3.8, 4) is 12.3 Å². The van der Waals surface area contributed by atoms with Crippen molar-refractivity contribution < 1.29 is 0 Å². The molecule has 7 atom stereocenters. The first kappa shape index (κ1) is 19.3. The van der Waals surface area contributed by atoms with Crippen molar-refractivity contribution in [2.75, 3.05) is 0 Å². The van der Waals surface area contributed by atoms with E-state index in [0.29, 0.717) is 10.8 Å². The van der Waals surface area contributed by atoms with Crippen LogP contribution in [0.2, 0.25) is 0 Å². The summed E-state index contributed by atoms with van der Waals surface area (Å²) in [6, 6.07) is 0. The normalized spacial score (nSPS) is 46.3. The molecule has 3 rings (SSSR count). The molecule has 0 N–H and O–H groups in total. The second-order valence-electron chi connectivity index (χ2n) is 10.3. The van der Waals surface area contributed by atoms with E-state index < -0.39 is 0 Å². The van der Waals surface area contributed by atoms with Gasteiger partial charge in [-0.05, 0) is 91.8 Å². The van der Waals surface area contributed by atoms with Crippen LogP contribution in [-0.4, -0.2) is 0 Å². The molecule has 0 bridgehead atoms. The summed E-state index contributed by atoms with van der Waals surface area (Å²) in [7, 11) is 0. The van der Waals surface area contributed by atoms with Crippen LogP contribution in [0.5, 0.6) is 0 Å². The summed E-state index contributed by atoms with van der Waals surface area (Å²) in [4.78, 5) is 0. The quantitative estimate of drug-likeness (QED) is 0.439. The molecular weight excluding hydrogens is 300 g/mol. The fraction of sp³-hybridized carbons (Fsp3) is 0.920. The third-order valence-electron chi connectivity index (χ3n) is 9.32. The Bertz CT molecular complexity index is 485. The summed E-state index contributed by atoms with van der Waals surface area (Å²) in [5.41, 5.74) is 1.22. The molecule has 0 saturated heterocycles. The van der Waals surface area contributed by atoms with Gasteiger partial charge in [-0.2, -0.15) is 0 Å². The van der Waals surface area contributed by atoms with Gasteiger partial charge in [0.25, 0.3) is 0 Å². The maximum Gasteiger partial charge on any atom is 0.00889 e. The molecule has 0 radical (unpaired) electrons. The largest absolute Gasteiger partial charge is 0.120 e.